The third-order valence-electron chi connectivity index (χ3n) is 6.25. The number of hydrogen-bond acceptors (Lipinski definition) is 4. The number of anilines is 4. The fraction of sp³-hybridized carbons (Fsp3) is 0.0909. The van der Waals surface area contributed by atoms with Crippen molar-refractivity contribution in [2.24, 2.45) is 0 Å². The van der Waals surface area contributed by atoms with Gasteiger partial charge in [0.15, 0.2) is 0 Å². The number of hydrogen-bond donors (Lipinski definition) is 2. The molecule has 0 atom stereocenters. The summed E-state index contributed by atoms with van der Waals surface area (Å²) in [5.41, 5.74) is 8.98. The standard InChI is InChI=1S/C33H30N2O2/c1-36-31-16-12-27(13-17-31)34-29-21-24(22-30(23-29)35-28-14-18-32(37-2)19-15-28)20-26-10-6-7-11-33(26)25-8-4-3-5-9-25/h3-19,21-23,34-35H,20H2,1-2H3. The Labute approximate surface area is 218 Å². The zero-order valence-electron chi connectivity index (χ0n) is 21.1. The van der Waals surface area contributed by atoms with E-state index in [0.717, 1.165) is 40.7 Å². The predicted molar refractivity (Wildman–Crippen MR) is 154 cm³/mol. The van der Waals surface area contributed by atoms with Crippen LogP contribution in [0.3, 0.4) is 0 Å². The van der Waals surface area contributed by atoms with Crippen molar-refractivity contribution >= 4 is 22.7 Å². The summed E-state index contributed by atoms with van der Waals surface area (Å²) in [6, 6.07) is 41.6. The van der Waals surface area contributed by atoms with Crippen molar-refractivity contribution in [3.8, 4) is 22.6 Å². The number of benzene rings is 5. The Balaban J connectivity index is 1.48. The lowest BCUT2D eigenvalue weighted by molar-refractivity contribution is 0.415. The molecular weight excluding hydrogens is 456 g/mol. The molecule has 5 rings (SSSR count). The van der Waals surface area contributed by atoms with Crippen molar-refractivity contribution in [3.63, 3.8) is 0 Å². The average Bonchev–Trinajstić information content (AvgIpc) is 2.94. The second-order valence-corrected chi connectivity index (χ2v) is 8.83. The first-order valence-corrected chi connectivity index (χ1v) is 12.3. The molecular formula is C33H30N2O2. The van der Waals surface area contributed by atoms with Crippen LogP contribution in [-0.2, 0) is 6.42 Å². The third kappa shape index (κ3) is 6.11. The van der Waals surface area contributed by atoms with Gasteiger partial charge in [0.25, 0.3) is 0 Å². The molecule has 0 bridgehead atoms. The molecule has 0 saturated heterocycles. The first-order chi connectivity index (χ1) is 18.2. The molecule has 4 heteroatoms. The van der Waals surface area contributed by atoms with Gasteiger partial charge in [0.1, 0.15) is 11.5 Å². The van der Waals surface area contributed by atoms with E-state index in [2.05, 4.69) is 83.4 Å². The van der Waals surface area contributed by atoms with E-state index in [1.54, 1.807) is 14.2 Å². The maximum atomic E-state index is 5.31. The molecule has 0 aromatic heterocycles. The predicted octanol–water partition coefficient (Wildman–Crippen LogP) is 8.45. The first-order valence-electron chi connectivity index (χ1n) is 12.3. The molecule has 0 saturated carbocycles. The molecule has 0 spiro atoms. The van der Waals surface area contributed by atoms with Crippen LogP contribution in [0.15, 0.2) is 121 Å². The summed E-state index contributed by atoms with van der Waals surface area (Å²) in [4.78, 5) is 0. The van der Waals surface area contributed by atoms with Crippen LogP contribution in [-0.4, -0.2) is 14.2 Å². The SMILES string of the molecule is COc1ccc(Nc2cc(Cc3ccccc3-c3ccccc3)cc(Nc3ccc(OC)cc3)c2)cc1. The van der Waals surface area contributed by atoms with Crippen molar-refractivity contribution in [1.82, 2.24) is 0 Å². The lowest BCUT2D eigenvalue weighted by atomic mass is 9.94. The van der Waals surface area contributed by atoms with E-state index in [9.17, 15) is 0 Å². The van der Waals surface area contributed by atoms with Crippen molar-refractivity contribution in [2.45, 2.75) is 6.42 Å². The van der Waals surface area contributed by atoms with Crippen LogP contribution in [0.1, 0.15) is 11.1 Å². The molecule has 0 unspecified atom stereocenters. The summed E-state index contributed by atoms with van der Waals surface area (Å²) in [5.74, 6) is 1.66. The molecule has 184 valence electrons. The van der Waals surface area contributed by atoms with Gasteiger partial charge in [-0.25, -0.2) is 0 Å². The van der Waals surface area contributed by atoms with Crippen LogP contribution < -0.4 is 20.1 Å². The highest BCUT2D eigenvalue weighted by atomic mass is 16.5. The molecule has 5 aromatic rings. The molecule has 2 N–H and O–H groups in total. The van der Waals surface area contributed by atoms with E-state index in [-0.39, 0.29) is 0 Å². The van der Waals surface area contributed by atoms with Gasteiger partial charge >= 0.3 is 0 Å². The van der Waals surface area contributed by atoms with E-state index in [4.69, 9.17) is 9.47 Å². The Kier molecular flexibility index (Phi) is 7.37. The maximum absolute atomic E-state index is 5.31. The fourth-order valence-electron chi connectivity index (χ4n) is 4.41. The van der Waals surface area contributed by atoms with E-state index < -0.39 is 0 Å². The van der Waals surface area contributed by atoms with Crippen molar-refractivity contribution in [1.29, 1.82) is 0 Å². The highest BCUT2D eigenvalue weighted by Crippen LogP contribution is 2.30. The molecule has 4 nitrogen and oxygen atoms in total. The number of ether oxygens (including phenoxy) is 2. The highest BCUT2D eigenvalue weighted by molar-refractivity contribution is 5.72. The first kappa shape index (κ1) is 24.0. The van der Waals surface area contributed by atoms with Crippen LogP contribution >= 0.6 is 0 Å². The minimum Gasteiger partial charge on any atom is -0.497 e. The number of methoxy groups -OCH3 is 2. The quantitative estimate of drug-likeness (QED) is 0.219. The lowest BCUT2D eigenvalue weighted by Crippen LogP contribution is -1.98. The van der Waals surface area contributed by atoms with Crippen molar-refractivity contribution in [2.75, 3.05) is 24.9 Å². The second-order valence-electron chi connectivity index (χ2n) is 8.83. The van der Waals surface area contributed by atoms with Gasteiger partial charge in [-0.15, -0.1) is 0 Å². The van der Waals surface area contributed by atoms with Crippen LogP contribution in [0.25, 0.3) is 11.1 Å². The smallest absolute Gasteiger partial charge is 0.119 e. The molecule has 0 aliphatic heterocycles. The maximum Gasteiger partial charge on any atom is 0.119 e. The number of nitrogens with one attached hydrogen (secondary N) is 2. The summed E-state index contributed by atoms with van der Waals surface area (Å²) in [6.45, 7) is 0. The summed E-state index contributed by atoms with van der Waals surface area (Å²) in [6.07, 6.45) is 0.806. The third-order valence-corrected chi connectivity index (χ3v) is 6.25. The molecule has 0 radical (unpaired) electrons. The van der Waals surface area contributed by atoms with Gasteiger partial charge in [-0.3, -0.25) is 0 Å². The Morgan fingerprint density at radius 1 is 0.514 bits per heavy atom. The summed E-state index contributed by atoms with van der Waals surface area (Å²) >= 11 is 0. The van der Waals surface area contributed by atoms with E-state index in [0.29, 0.717) is 0 Å². The average molecular weight is 487 g/mol. The van der Waals surface area contributed by atoms with Gasteiger partial charge in [0.2, 0.25) is 0 Å². The van der Waals surface area contributed by atoms with E-state index in [1.807, 2.05) is 48.5 Å². The minimum atomic E-state index is 0.806. The van der Waals surface area contributed by atoms with Gasteiger partial charge in [-0.05, 0) is 95.4 Å². The Morgan fingerprint density at radius 2 is 1.03 bits per heavy atom. The van der Waals surface area contributed by atoms with Gasteiger partial charge in [-0.1, -0.05) is 54.6 Å². The monoisotopic (exact) mass is 486 g/mol. The molecule has 0 heterocycles. The zero-order valence-corrected chi connectivity index (χ0v) is 21.1. The van der Waals surface area contributed by atoms with Crippen LogP contribution in [0.2, 0.25) is 0 Å². The zero-order chi connectivity index (χ0) is 25.5. The topological polar surface area (TPSA) is 42.5 Å². The van der Waals surface area contributed by atoms with E-state index >= 15 is 0 Å². The highest BCUT2D eigenvalue weighted by Gasteiger charge is 2.09. The number of rotatable bonds is 9. The normalized spacial score (nSPS) is 10.5. The van der Waals surface area contributed by atoms with Gasteiger partial charge in [0, 0.05) is 22.7 Å². The Bertz CT molecular complexity index is 1380. The van der Waals surface area contributed by atoms with Gasteiger partial charge in [0.05, 0.1) is 14.2 Å². The molecule has 0 aliphatic rings. The Hall–Kier alpha value is -4.70. The van der Waals surface area contributed by atoms with Crippen LogP contribution in [0, 0.1) is 0 Å². The van der Waals surface area contributed by atoms with Gasteiger partial charge in [-0.2, -0.15) is 0 Å². The molecule has 37 heavy (non-hydrogen) atoms. The van der Waals surface area contributed by atoms with Crippen molar-refractivity contribution < 1.29 is 9.47 Å². The lowest BCUT2D eigenvalue weighted by Gasteiger charge is -2.15. The molecule has 0 fully saturated rings. The molecule has 0 aliphatic carbocycles. The van der Waals surface area contributed by atoms with Gasteiger partial charge < -0.3 is 20.1 Å². The van der Waals surface area contributed by atoms with Crippen LogP contribution in [0.5, 0.6) is 11.5 Å². The van der Waals surface area contributed by atoms with Crippen LogP contribution in [0.4, 0.5) is 22.7 Å². The van der Waals surface area contributed by atoms with Crippen molar-refractivity contribution in [3.05, 3.63) is 132 Å². The van der Waals surface area contributed by atoms with E-state index in [1.165, 1.54) is 22.3 Å². The summed E-state index contributed by atoms with van der Waals surface area (Å²) in [5, 5.41) is 7.11. The summed E-state index contributed by atoms with van der Waals surface area (Å²) in [7, 11) is 3.35. The minimum absolute atomic E-state index is 0.806. The fourth-order valence-corrected chi connectivity index (χ4v) is 4.41. The largest absolute Gasteiger partial charge is 0.497 e. The molecule has 5 aromatic carbocycles. The molecule has 0 amide bonds. The summed E-state index contributed by atoms with van der Waals surface area (Å²) < 4.78 is 10.6. The Morgan fingerprint density at radius 3 is 1.57 bits per heavy atom. The second kappa shape index (κ2) is 11.4.